The summed E-state index contributed by atoms with van der Waals surface area (Å²) in [6.07, 6.45) is 0.838. The van der Waals surface area contributed by atoms with Crippen molar-refractivity contribution < 1.29 is 19.0 Å². The summed E-state index contributed by atoms with van der Waals surface area (Å²) in [6.45, 7) is 2.12. The molecule has 19 heavy (non-hydrogen) atoms. The molecule has 0 aliphatic rings. The van der Waals surface area contributed by atoms with Gasteiger partial charge in [0.05, 0.1) is 10.7 Å². The van der Waals surface area contributed by atoms with Gasteiger partial charge in [0.25, 0.3) is 0 Å². The summed E-state index contributed by atoms with van der Waals surface area (Å²) in [6, 6.07) is 3.93. The predicted molar refractivity (Wildman–Crippen MR) is 69.2 cm³/mol. The van der Waals surface area contributed by atoms with Gasteiger partial charge in [0.1, 0.15) is 23.7 Å². The van der Waals surface area contributed by atoms with Crippen molar-refractivity contribution in [1.29, 1.82) is 0 Å². The third kappa shape index (κ3) is 3.08. The van der Waals surface area contributed by atoms with E-state index >= 15 is 0 Å². The van der Waals surface area contributed by atoms with Crippen molar-refractivity contribution in [3.8, 4) is 5.75 Å². The standard InChI is InChI=1S/C13H12FNO3S/c1-2-11-15-8(7-19-11)6-18-10-5-3-4-9(14)12(10)13(16)17/h3-5,7H,2,6H2,1H3,(H,16,17). The van der Waals surface area contributed by atoms with E-state index in [9.17, 15) is 9.18 Å². The fourth-order valence-electron chi connectivity index (χ4n) is 1.56. The van der Waals surface area contributed by atoms with Gasteiger partial charge in [-0.3, -0.25) is 0 Å². The van der Waals surface area contributed by atoms with E-state index in [1.165, 1.54) is 23.5 Å². The van der Waals surface area contributed by atoms with Gasteiger partial charge in [-0.15, -0.1) is 11.3 Å². The van der Waals surface area contributed by atoms with Gasteiger partial charge in [-0.1, -0.05) is 13.0 Å². The van der Waals surface area contributed by atoms with Crippen LogP contribution >= 0.6 is 11.3 Å². The molecule has 0 atom stereocenters. The average molecular weight is 281 g/mol. The first-order valence-corrected chi connectivity index (χ1v) is 6.57. The predicted octanol–water partition coefficient (Wildman–Crippen LogP) is 3.12. The molecule has 0 fully saturated rings. The quantitative estimate of drug-likeness (QED) is 0.914. The lowest BCUT2D eigenvalue weighted by atomic mass is 10.2. The minimum Gasteiger partial charge on any atom is -0.486 e. The Labute approximate surface area is 113 Å². The molecule has 0 aliphatic heterocycles. The van der Waals surface area contributed by atoms with Crippen LogP contribution in [0.2, 0.25) is 0 Å². The van der Waals surface area contributed by atoms with E-state index in [-0.39, 0.29) is 12.4 Å². The van der Waals surface area contributed by atoms with E-state index in [0.717, 1.165) is 17.5 Å². The molecule has 0 unspecified atom stereocenters. The first kappa shape index (κ1) is 13.5. The van der Waals surface area contributed by atoms with Gasteiger partial charge in [-0.25, -0.2) is 14.2 Å². The van der Waals surface area contributed by atoms with Gasteiger partial charge in [0, 0.05) is 5.38 Å². The van der Waals surface area contributed by atoms with Crippen molar-refractivity contribution in [3.05, 3.63) is 45.7 Å². The van der Waals surface area contributed by atoms with Crippen LogP contribution < -0.4 is 4.74 Å². The minimum absolute atomic E-state index is 0.0125. The Kier molecular flexibility index (Phi) is 4.11. The zero-order valence-corrected chi connectivity index (χ0v) is 11.0. The Morgan fingerprint density at radius 1 is 1.53 bits per heavy atom. The van der Waals surface area contributed by atoms with Crippen LogP contribution in [0.1, 0.15) is 28.0 Å². The van der Waals surface area contributed by atoms with Crippen molar-refractivity contribution in [3.63, 3.8) is 0 Å². The highest BCUT2D eigenvalue weighted by Crippen LogP contribution is 2.23. The van der Waals surface area contributed by atoms with Gasteiger partial charge < -0.3 is 9.84 Å². The van der Waals surface area contributed by atoms with Crippen molar-refractivity contribution in [2.75, 3.05) is 0 Å². The molecule has 1 aromatic carbocycles. The Hall–Kier alpha value is -1.95. The number of ether oxygens (including phenoxy) is 1. The molecule has 0 spiro atoms. The number of carbonyl (C=O) groups is 1. The summed E-state index contributed by atoms with van der Waals surface area (Å²) >= 11 is 1.52. The number of carboxylic acid groups (broad SMARTS) is 1. The molecule has 0 bridgehead atoms. The van der Waals surface area contributed by atoms with Crippen LogP contribution in [0.3, 0.4) is 0 Å². The molecule has 1 heterocycles. The summed E-state index contributed by atoms with van der Waals surface area (Å²) in [5.74, 6) is -2.14. The first-order chi connectivity index (χ1) is 9.11. The number of halogens is 1. The minimum atomic E-state index is -1.35. The number of hydrogen-bond donors (Lipinski definition) is 1. The maximum atomic E-state index is 13.4. The SMILES string of the molecule is CCc1nc(COc2cccc(F)c2C(=O)O)cs1. The largest absolute Gasteiger partial charge is 0.486 e. The van der Waals surface area contributed by atoms with Gasteiger partial charge in [0.2, 0.25) is 0 Å². The molecule has 0 saturated carbocycles. The van der Waals surface area contributed by atoms with Crippen molar-refractivity contribution >= 4 is 17.3 Å². The third-order valence-corrected chi connectivity index (χ3v) is 3.51. The number of rotatable bonds is 5. The number of hydrogen-bond acceptors (Lipinski definition) is 4. The topological polar surface area (TPSA) is 59.4 Å². The molecule has 0 radical (unpaired) electrons. The highest BCUT2D eigenvalue weighted by atomic mass is 32.1. The summed E-state index contributed by atoms with van der Waals surface area (Å²) in [7, 11) is 0. The van der Waals surface area contributed by atoms with Crippen LogP contribution in [-0.2, 0) is 13.0 Å². The Morgan fingerprint density at radius 2 is 2.32 bits per heavy atom. The summed E-state index contributed by atoms with van der Waals surface area (Å²) in [4.78, 5) is 15.3. The smallest absolute Gasteiger partial charge is 0.342 e. The first-order valence-electron chi connectivity index (χ1n) is 5.69. The second kappa shape index (κ2) is 5.79. The lowest BCUT2D eigenvalue weighted by Gasteiger charge is -2.08. The highest BCUT2D eigenvalue weighted by molar-refractivity contribution is 7.09. The lowest BCUT2D eigenvalue weighted by Crippen LogP contribution is -2.06. The van der Waals surface area contributed by atoms with E-state index in [1.54, 1.807) is 0 Å². The monoisotopic (exact) mass is 281 g/mol. The summed E-state index contributed by atoms with van der Waals surface area (Å²) in [5.41, 5.74) is 0.260. The molecule has 100 valence electrons. The maximum absolute atomic E-state index is 13.4. The van der Waals surface area contributed by atoms with Gasteiger partial charge >= 0.3 is 5.97 Å². The van der Waals surface area contributed by atoms with E-state index in [2.05, 4.69) is 4.98 Å². The van der Waals surface area contributed by atoms with Gasteiger partial charge in [-0.05, 0) is 18.6 Å². The zero-order chi connectivity index (χ0) is 13.8. The van der Waals surface area contributed by atoms with Gasteiger partial charge in [0.15, 0.2) is 0 Å². The number of aromatic nitrogens is 1. The number of carboxylic acids is 1. The van der Waals surface area contributed by atoms with E-state index < -0.39 is 17.3 Å². The molecule has 2 rings (SSSR count). The third-order valence-electron chi connectivity index (χ3n) is 2.47. The van der Waals surface area contributed by atoms with Crippen LogP contribution in [0.5, 0.6) is 5.75 Å². The Bertz CT molecular complexity index is 597. The molecule has 0 saturated heterocycles. The van der Waals surface area contributed by atoms with Crippen LogP contribution in [0.4, 0.5) is 4.39 Å². The van der Waals surface area contributed by atoms with Crippen molar-refractivity contribution in [2.24, 2.45) is 0 Å². The number of thiazole rings is 1. The molecule has 0 aliphatic carbocycles. The number of benzene rings is 1. The molecule has 1 N–H and O–H groups in total. The van der Waals surface area contributed by atoms with Crippen LogP contribution in [0, 0.1) is 5.82 Å². The molecule has 4 nitrogen and oxygen atoms in total. The summed E-state index contributed by atoms with van der Waals surface area (Å²) < 4.78 is 18.8. The van der Waals surface area contributed by atoms with Crippen molar-refractivity contribution in [1.82, 2.24) is 4.98 Å². The average Bonchev–Trinajstić information content (AvgIpc) is 2.83. The van der Waals surface area contributed by atoms with Crippen LogP contribution in [-0.4, -0.2) is 16.1 Å². The fraction of sp³-hybridized carbons (Fsp3) is 0.231. The van der Waals surface area contributed by atoms with Crippen LogP contribution in [0.15, 0.2) is 23.6 Å². The van der Waals surface area contributed by atoms with Gasteiger partial charge in [-0.2, -0.15) is 0 Å². The Balaban J connectivity index is 2.15. The molecular weight excluding hydrogens is 269 g/mol. The number of aryl methyl sites for hydroxylation is 1. The molecule has 6 heteroatoms. The molecular formula is C13H12FNO3S. The number of aromatic carboxylic acids is 1. The van der Waals surface area contributed by atoms with Crippen LogP contribution in [0.25, 0.3) is 0 Å². The number of nitrogens with zero attached hydrogens (tertiary/aromatic N) is 1. The van der Waals surface area contributed by atoms with E-state index in [0.29, 0.717) is 5.69 Å². The Morgan fingerprint density at radius 3 is 2.95 bits per heavy atom. The molecule has 0 amide bonds. The van der Waals surface area contributed by atoms with Crippen molar-refractivity contribution in [2.45, 2.75) is 20.0 Å². The van der Waals surface area contributed by atoms with E-state index in [1.807, 2.05) is 12.3 Å². The molecule has 2 aromatic rings. The second-order valence-corrected chi connectivity index (χ2v) is 4.74. The molecule has 1 aromatic heterocycles. The second-order valence-electron chi connectivity index (χ2n) is 3.79. The summed E-state index contributed by atoms with van der Waals surface area (Å²) in [5, 5.41) is 11.8. The maximum Gasteiger partial charge on any atom is 0.342 e. The van der Waals surface area contributed by atoms with E-state index in [4.69, 9.17) is 9.84 Å². The normalized spacial score (nSPS) is 10.4. The fourth-order valence-corrected chi connectivity index (χ4v) is 2.29. The highest BCUT2D eigenvalue weighted by Gasteiger charge is 2.17. The lowest BCUT2D eigenvalue weighted by molar-refractivity contribution is 0.0686. The zero-order valence-electron chi connectivity index (χ0n) is 10.2.